The first-order chi connectivity index (χ1) is 6.15. The molecule has 13 heavy (non-hydrogen) atoms. The number of rotatable bonds is 2. The summed E-state index contributed by atoms with van der Waals surface area (Å²) in [5.41, 5.74) is 0. The monoisotopic (exact) mass is 189 g/mol. The van der Waals surface area contributed by atoms with Crippen LogP contribution in [0.5, 0.6) is 0 Å². The highest BCUT2D eigenvalue weighted by Crippen LogP contribution is 2.25. The van der Waals surface area contributed by atoms with Gasteiger partial charge in [-0.15, -0.1) is 0 Å². The van der Waals surface area contributed by atoms with Crippen LogP contribution < -0.4 is 0 Å². The van der Waals surface area contributed by atoms with E-state index in [1.807, 2.05) is 20.9 Å². The van der Waals surface area contributed by atoms with Crippen molar-refractivity contribution < 1.29 is 4.39 Å². The van der Waals surface area contributed by atoms with E-state index in [0.717, 1.165) is 12.8 Å². The van der Waals surface area contributed by atoms with Gasteiger partial charge in [0.05, 0.1) is 0 Å². The van der Waals surface area contributed by atoms with E-state index in [-0.39, 0.29) is 0 Å². The quantitative estimate of drug-likeness (QED) is 0.645. The first-order valence-electron chi connectivity index (χ1n) is 5.49. The Labute approximate surface area is 82.3 Å². The van der Waals surface area contributed by atoms with E-state index in [2.05, 4.69) is 18.7 Å². The molecule has 1 rings (SSSR count). The molecule has 0 saturated carbocycles. The lowest BCUT2D eigenvalue weighted by atomic mass is 9.97. The number of likely N-dealkylation sites (tertiary alicyclic amines) is 1. The average molecular weight is 189 g/mol. The maximum atomic E-state index is 12.9. The predicted octanol–water partition coefficient (Wildman–Crippen LogP) is 3.10. The zero-order valence-electron chi connectivity index (χ0n) is 9.68. The summed E-state index contributed by atoms with van der Waals surface area (Å²) in [6, 6.07) is 0.481. The summed E-state index contributed by atoms with van der Waals surface area (Å²) in [6.45, 7) is 9.01. The molecule has 1 aliphatic rings. The number of nitrogens with zero attached hydrogens (tertiary/aromatic N) is 1. The fourth-order valence-corrected chi connectivity index (χ4v) is 1.90. The minimum Gasteiger partial charge on any atom is -0.300 e. The smallest absolute Gasteiger partial charge is 0.114 e. The van der Waals surface area contributed by atoms with Gasteiger partial charge in [0.15, 0.2) is 0 Å². The van der Waals surface area contributed by atoms with Crippen molar-refractivity contribution in [2.75, 3.05) is 13.6 Å². The number of halogens is 1. The zero-order chi connectivity index (χ0) is 10.4. The van der Waals surface area contributed by atoms with Crippen molar-refractivity contribution in [1.29, 1.82) is 0 Å². The van der Waals surface area contributed by atoms with Crippen molar-refractivity contribution in [2.45, 2.75) is 52.8 Å². The number of alkyl halides is 1. The predicted molar refractivity (Wildman–Crippen MR) is 56.7 cm³/mol. The van der Waals surface area contributed by atoms with E-state index in [0.29, 0.717) is 18.5 Å². The van der Waals surface area contributed by atoms with Gasteiger partial charge in [-0.3, -0.25) is 0 Å². The Morgan fingerprint density at radius 2 is 2.00 bits per heavy atom. The molecule has 0 aromatic rings. The molecule has 1 nitrogen and oxygen atoms in total. The maximum absolute atomic E-state index is 12.9. The minimum absolute atomic E-state index is 0.481. The Hall–Kier alpha value is -0.110. The SMILES string of the molecule is CC.CCC(C)C1CC(F)CN1C. The molecule has 0 amide bonds. The molecule has 1 fully saturated rings. The van der Waals surface area contributed by atoms with E-state index in [1.165, 1.54) is 0 Å². The molecule has 3 atom stereocenters. The van der Waals surface area contributed by atoms with Gasteiger partial charge in [0.25, 0.3) is 0 Å². The minimum atomic E-state index is -0.584. The summed E-state index contributed by atoms with van der Waals surface area (Å²) in [5.74, 6) is 0.640. The fraction of sp³-hybridized carbons (Fsp3) is 1.00. The van der Waals surface area contributed by atoms with E-state index < -0.39 is 6.17 Å². The van der Waals surface area contributed by atoms with Crippen molar-refractivity contribution in [1.82, 2.24) is 4.90 Å². The number of hydrogen-bond acceptors (Lipinski definition) is 1. The third kappa shape index (κ3) is 3.63. The van der Waals surface area contributed by atoms with Crippen LogP contribution in [0.4, 0.5) is 4.39 Å². The van der Waals surface area contributed by atoms with E-state index in [4.69, 9.17) is 0 Å². The molecule has 0 radical (unpaired) electrons. The van der Waals surface area contributed by atoms with Gasteiger partial charge < -0.3 is 4.90 Å². The van der Waals surface area contributed by atoms with Gasteiger partial charge in [-0.05, 0) is 19.4 Å². The summed E-state index contributed by atoms with van der Waals surface area (Å²) in [5, 5.41) is 0. The van der Waals surface area contributed by atoms with Gasteiger partial charge in [-0.2, -0.15) is 0 Å². The molecule has 0 aromatic carbocycles. The number of hydrogen-bond donors (Lipinski definition) is 0. The second kappa shape index (κ2) is 6.36. The Morgan fingerprint density at radius 3 is 2.31 bits per heavy atom. The van der Waals surface area contributed by atoms with Crippen LogP contribution in [-0.2, 0) is 0 Å². The zero-order valence-corrected chi connectivity index (χ0v) is 9.68. The topological polar surface area (TPSA) is 3.24 Å². The van der Waals surface area contributed by atoms with E-state index in [9.17, 15) is 4.39 Å². The molecule has 0 spiro atoms. The summed E-state index contributed by atoms with van der Waals surface area (Å²) < 4.78 is 12.9. The van der Waals surface area contributed by atoms with Crippen LogP contribution in [0.1, 0.15) is 40.5 Å². The van der Waals surface area contributed by atoms with Gasteiger partial charge in [0.1, 0.15) is 6.17 Å². The average Bonchev–Trinajstić information content (AvgIpc) is 2.47. The maximum Gasteiger partial charge on any atom is 0.114 e. The van der Waals surface area contributed by atoms with Crippen LogP contribution >= 0.6 is 0 Å². The molecule has 0 aromatic heterocycles. The highest BCUT2D eigenvalue weighted by molar-refractivity contribution is 4.85. The van der Waals surface area contributed by atoms with Crippen molar-refractivity contribution in [3.8, 4) is 0 Å². The van der Waals surface area contributed by atoms with Crippen LogP contribution in [0.25, 0.3) is 0 Å². The van der Waals surface area contributed by atoms with Crippen molar-refractivity contribution in [2.24, 2.45) is 5.92 Å². The Kier molecular flexibility index (Phi) is 6.31. The first-order valence-corrected chi connectivity index (χ1v) is 5.49. The molecule has 2 heteroatoms. The Balaban J connectivity index is 0.000000671. The largest absolute Gasteiger partial charge is 0.300 e. The van der Waals surface area contributed by atoms with Crippen molar-refractivity contribution in [3.63, 3.8) is 0 Å². The fourth-order valence-electron chi connectivity index (χ4n) is 1.90. The standard InChI is InChI=1S/C9H18FN.C2H6/c1-4-7(2)9-5-8(10)6-11(9)3;1-2/h7-9H,4-6H2,1-3H3;1-2H3. The molecular weight excluding hydrogens is 165 g/mol. The summed E-state index contributed by atoms with van der Waals surface area (Å²) in [7, 11) is 2.02. The van der Waals surface area contributed by atoms with Crippen LogP contribution in [0.15, 0.2) is 0 Å². The molecule has 0 bridgehead atoms. The van der Waals surface area contributed by atoms with Crippen LogP contribution in [0.3, 0.4) is 0 Å². The van der Waals surface area contributed by atoms with Crippen LogP contribution in [0.2, 0.25) is 0 Å². The molecule has 0 aliphatic carbocycles. The lowest BCUT2D eigenvalue weighted by Crippen LogP contribution is -2.30. The van der Waals surface area contributed by atoms with Gasteiger partial charge >= 0.3 is 0 Å². The lowest BCUT2D eigenvalue weighted by Gasteiger charge is -2.24. The van der Waals surface area contributed by atoms with Crippen molar-refractivity contribution in [3.05, 3.63) is 0 Å². The highest BCUT2D eigenvalue weighted by Gasteiger charge is 2.31. The van der Waals surface area contributed by atoms with Gasteiger partial charge in [-0.25, -0.2) is 4.39 Å². The van der Waals surface area contributed by atoms with Gasteiger partial charge in [-0.1, -0.05) is 34.1 Å². The molecule has 1 saturated heterocycles. The third-order valence-electron chi connectivity index (χ3n) is 2.85. The molecule has 1 aliphatic heterocycles. The van der Waals surface area contributed by atoms with Crippen LogP contribution in [0, 0.1) is 5.92 Å². The van der Waals surface area contributed by atoms with Crippen molar-refractivity contribution >= 4 is 0 Å². The second-order valence-electron chi connectivity index (χ2n) is 3.73. The third-order valence-corrected chi connectivity index (χ3v) is 2.85. The Morgan fingerprint density at radius 1 is 1.46 bits per heavy atom. The lowest BCUT2D eigenvalue weighted by molar-refractivity contribution is 0.233. The Bertz CT molecular complexity index is 123. The van der Waals surface area contributed by atoms with Gasteiger partial charge in [0, 0.05) is 12.6 Å². The molecular formula is C11H24FN. The highest BCUT2D eigenvalue weighted by atomic mass is 19.1. The molecule has 0 N–H and O–H groups in total. The normalized spacial score (nSPS) is 30.9. The van der Waals surface area contributed by atoms with Crippen LogP contribution in [-0.4, -0.2) is 30.7 Å². The second-order valence-corrected chi connectivity index (χ2v) is 3.73. The summed E-state index contributed by atoms with van der Waals surface area (Å²) >= 11 is 0. The molecule has 1 heterocycles. The molecule has 80 valence electrons. The first kappa shape index (κ1) is 12.9. The van der Waals surface area contributed by atoms with E-state index >= 15 is 0 Å². The van der Waals surface area contributed by atoms with E-state index in [1.54, 1.807) is 0 Å². The van der Waals surface area contributed by atoms with Gasteiger partial charge in [0.2, 0.25) is 0 Å². The molecule has 3 unspecified atom stereocenters. The summed E-state index contributed by atoms with van der Waals surface area (Å²) in [6.07, 6.45) is 1.31. The summed E-state index contributed by atoms with van der Waals surface area (Å²) in [4.78, 5) is 2.15.